The van der Waals surface area contributed by atoms with Gasteiger partial charge in [-0.25, -0.2) is 0 Å². The van der Waals surface area contributed by atoms with Gasteiger partial charge in [0, 0.05) is 6.54 Å². The van der Waals surface area contributed by atoms with Crippen molar-refractivity contribution in [2.45, 2.75) is 58.8 Å². The van der Waals surface area contributed by atoms with Gasteiger partial charge in [0.15, 0.2) is 0 Å². The molecule has 0 N–H and O–H groups in total. The summed E-state index contributed by atoms with van der Waals surface area (Å²) >= 11 is 0. The van der Waals surface area contributed by atoms with Crippen molar-refractivity contribution in [3.05, 3.63) is 35.4 Å². The Morgan fingerprint density at radius 1 is 1.05 bits per heavy atom. The molecule has 1 fully saturated rings. The van der Waals surface area contributed by atoms with Gasteiger partial charge in [-0.15, -0.1) is 0 Å². The quantitative estimate of drug-likeness (QED) is 0.775. The lowest BCUT2D eigenvalue weighted by atomic mass is 9.86. The van der Waals surface area contributed by atoms with E-state index < -0.39 is 0 Å². The molecule has 1 nitrogen and oxygen atoms in total. The van der Waals surface area contributed by atoms with E-state index in [2.05, 4.69) is 56.9 Å². The van der Waals surface area contributed by atoms with Gasteiger partial charge in [-0.1, -0.05) is 52.0 Å². The Balaban J connectivity index is 1.84. The standard InChI is InChI=1S/C19H31N/c1-16-6-5-13-20(14-11-16)15-12-17-7-9-18(10-8-17)19(2,3)4/h7-10,16H,5-6,11-15H2,1-4H3/t16-/m0/s1. The van der Waals surface area contributed by atoms with Gasteiger partial charge < -0.3 is 4.90 Å². The first-order chi connectivity index (χ1) is 9.45. The SMILES string of the molecule is C[C@H]1CCCN(CCc2ccc(C(C)(C)C)cc2)CC1. The lowest BCUT2D eigenvalue weighted by molar-refractivity contribution is 0.285. The third-order valence-corrected chi connectivity index (χ3v) is 4.65. The summed E-state index contributed by atoms with van der Waals surface area (Å²) in [7, 11) is 0. The molecular weight excluding hydrogens is 242 g/mol. The van der Waals surface area contributed by atoms with Gasteiger partial charge in [0.1, 0.15) is 0 Å². The molecule has 0 aliphatic carbocycles. The van der Waals surface area contributed by atoms with Crippen LogP contribution >= 0.6 is 0 Å². The number of benzene rings is 1. The fourth-order valence-corrected chi connectivity index (χ4v) is 3.00. The van der Waals surface area contributed by atoms with Gasteiger partial charge in [-0.3, -0.25) is 0 Å². The van der Waals surface area contributed by atoms with Crippen LogP contribution in [0.1, 0.15) is 58.1 Å². The van der Waals surface area contributed by atoms with E-state index >= 15 is 0 Å². The second-order valence-electron chi connectivity index (χ2n) is 7.57. The third kappa shape index (κ3) is 4.63. The van der Waals surface area contributed by atoms with E-state index in [9.17, 15) is 0 Å². The van der Waals surface area contributed by atoms with Gasteiger partial charge in [0.2, 0.25) is 0 Å². The molecule has 1 heteroatoms. The number of hydrogen-bond acceptors (Lipinski definition) is 1. The minimum absolute atomic E-state index is 0.263. The van der Waals surface area contributed by atoms with Gasteiger partial charge in [-0.2, -0.15) is 0 Å². The molecule has 1 aromatic carbocycles. The van der Waals surface area contributed by atoms with Crippen LogP contribution in [0, 0.1) is 5.92 Å². The first kappa shape index (κ1) is 15.6. The smallest absolute Gasteiger partial charge is 0.00218 e. The van der Waals surface area contributed by atoms with Crippen molar-refractivity contribution < 1.29 is 0 Å². The summed E-state index contributed by atoms with van der Waals surface area (Å²) in [4.78, 5) is 2.65. The molecule has 1 atom stereocenters. The summed E-state index contributed by atoms with van der Waals surface area (Å²) in [6.07, 6.45) is 5.36. The summed E-state index contributed by atoms with van der Waals surface area (Å²) in [5.41, 5.74) is 3.18. The predicted octanol–water partition coefficient (Wildman–Crippen LogP) is 4.65. The van der Waals surface area contributed by atoms with E-state index in [0.717, 1.165) is 5.92 Å². The lowest BCUT2D eigenvalue weighted by Crippen LogP contribution is -2.27. The number of hydrogen-bond donors (Lipinski definition) is 0. The average Bonchev–Trinajstić information content (AvgIpc) is 2.61. The minimum atomic E-state index is 0.263. The summed E-state index contributed by atoms with van der Waals surface area (Å²) in [5, 5.41) is 0. The van der Waals surface area contributed by atoms with Crippen LogP contribution in [0.3, 0.4) is 0 Å². The van der Waals surface area contributed by atoms with Crippen molar-refractivity contribution in [3.8, 4) is 0 Å². The molecule has 112 valence electrons. The molecular formula is C19H31N. The van der Waals surface area contributed by atoms with Crippen LogP contribution in [0.4, 0.5) is 0 Å². The van der Waals surface area contributed by atoms with E-state index in [1.165, 1.54) is 56.4 Å². The zero-order valence-electron chi connectivity index (χ0n) is 13.8. The zero-order chi connectivity index (χ0) is 14.6. The number of nitrogens with zero attached hydrogens (tertiary/aromatic N) is 1. The zero-order valence-corrected chi connectivity index (χ0v) is 13.8. The van der Waals surface area contributed by atoms with Gasteiger partial charge in [0.25, 0.3) is 0 Å². The first-order valence-electron chi connectivity index (χ1n) is 8.27. The molecule has 0 saturated carbocycles. The fraction of sp³-hybridized carbons (Fsp3) is 0.684. The Morgan fingerprint density at radius 3 is 2.40 bits per heavy atom. The van der Waals surface area contributed by atoms with Crippen LogP contribution < -0.4 is 0 Å². The molecule has 0 aromatic heterocycles. The summed E-state index contributed by atoms with van der Waals surface area (Å²) < 4.78 is 0. The normalized spacial score (nSPS) is 21.7. The Morgan fingerprint density at radius 2 is 1.75 bits per heavy atom. The molecule has 0 bridgehead atoms. The molecule has 2 rings (SSSR count). The van der Waals surface area contributed by atoms with Crippen molar-refractivity contribution in [3.63, 3.8) is 0 Å². The largest absolute Gasteiger partial charge is 0.303 e. The fourth-order valence-electron chi connectivity index (χ4n) is 3.00. The molecule has 1 saturated heterocycles. The maximum absolute atomic E-state index is 2.65. The third-order valence-electron chi connectivity index (χ3n) is 4.65. The second kappa shape index (κ2) is 6.76. The maximum atomic E-state index is 2.65. The number of rotatable bonds is 3. The molecule has 0 radical (unpaired) electrons. The van der Waals surface area contributed by atoms with Crippen molar-refractivity contribution >= 4 is 0 Å². The van der Waals surface area contributed by atoms with Crippen molar-refractivity contribution in [1.82, 2.24) is 4.90 Å². The van der Waals surface area contributed by atoms with Crippen LogP contribution in [0.5, 0.6) is 0 Å². The summed E-state index contributed by atoms with van der Waals surface area (Å²) in [6.45, 7) is 13.0. The molecule has 0 spiro atoms. The van der Waals surface area contributed by atoms with Gasteiger partial charge in [-0.05, 0) is 61.2 Å². The molecule has 0 amide bonds. The second-order valence-corrected chi connectivity index (χ2v) is 7.57. The lowest BCUT2D eigenvalue weighted by Gasteiger charge is -2.21. The number of likely N-dealkylation sites (tertiary alicyclic amines) is 1. The molecule has 1 heterocycles. The minimum Gasteiger partial charge on any atom is -0.303 e. The Kier molecular flexibility index (Phi) is 5.26. The van der Waals surface area contributed by atoms with Crippen LogP contribution in [0.15, 0.2) is 24.3 Å². The van der Waals surface area contributed by atoms with Crippen LogP contribution in [0.2, 0.25) is 0 Å². The van der Waals surface area contributed by atoms with Gasteiger partial charge >= 0.3 is 0 Å². The Bertz CT molecular complexity index is 399. The topological polar surface area (TPSA) is 3.24 Å². The molecule has 0 unspecified atom stereocenters. The molecule has 20 heavy (non-hydrogen) atoms. The summed E-state index contributed by atoms with van der Waals surface area (Å²) in [5.74, 6) is 0.922. The van der Waals surface area contributed by atoms with Crippen LogP contribution in [-0.4, -0.2) is 24.5 Å². The molecule has 1 aliphatic rings. The average molecular weight is 273 g/mol. The van der Waals surface area contributed by atoms with Crippen LogP contribution in [0.25, 0.3) is 0 Å². The highest BCUT2D eigenvalue weighted by molar-refractivity contribution is 5.27. The highest BCUT2D eigenvalue weighted by Gasteiger charge is 2.14. The van der Waals surface area contributed by atoms with Crippen molar-refractivity contribution in [2.24, 2.45) is 5.92 Å². The highest BCUT2D eigenvalue weighted by atomic mass is 15.1. The maximum Gasteiger partial charge on any atom is 0.00218 e. The van der Waals surface area contributed by atoms with E-state index in [-0.39, 0.29) is 5.41 Å². The van der Waals surface area contributed by atoms with E-state index in [1.807, 2.05) is 0 Å². The van der Waals surface area contributed by atoms with Crippen molar-refractivity contribution in [1.29, 1.82) is 0 Å². The molecule has 1 aromatic rings. The Hall–Kier alpha value is -0.820. The molecule has 1 aliphatic heterocycles. The van der Waals surface area contributed by atoms with E-state index in [4.69, 9.17) is 0 Å². The van der Waals surface area contributed by atoms with E-state index in [0.29, 0.717) is 0 Å². The predicted molar refractivity (Wildman–Crippen MR) is 88.3 cm³/mol. The monoisotopic (exact) mass is 273 g/mol. The van der Waals surface area contributed by atoms with Crippen LogP contribution in [-0.2, 0) is 11.8 Å². The Labute approximate surface area is 125 Å². The highest BCUT2D eigenvalue weighted by Crippen LogP contribution is 2.22. The van der Waals surface area contributed by atoms with Gasteiger partial charge in [0.05, 0.1) is 0 Å². The first-order valence-corrected chi connectivity index (χ1v) is 8.27. The van der Waals surface area contributed by atoms with E-state index in [1.54, 1.807) is 0 Å². The summed E-state index contributed by atoms with van der Waals surface area (Å²) in [6, 6.07) is 9.25. The van der Waals surface area contributed by atoms with Crippen molar-refractivity contribution in [2.75, 3.05) is 19.6 Å².